The minimum absolute atomic E-state index is 0.0359. The summed E-state index contributed by atoms with van der Waals surface area (Å²) in [4.78, 5) is 41.0. The van der Waals surface area contributed by atoms with Crippen LogP contribution >= 0.6 is 24.0 Å². The van der Waals surface area contributed by atoms with Crippen LogP contribution in [0, 0.1) is 25.2 Å². The van der Waals surface area contributed by atoms with Crippen LogP contribution in [0.1, 0.15) is 38.2 Å². The number of pyridine rings is 1. The molecular formula is C28H23N3O5S2. The third kappa shape index (κ3) is 5.25. The van der Waals surface area contributed by atoms with Crippen molar-refractivity contribution in [1.29, 1.82) is 5.26 Å². The Balaban J connectivity index is 1.65. The van der Waals surface area contributed by atoms with E-state index in [1.54, 1.807) is 49.6 Å². The van der Waals surface area contributed by atoms with Crippen LogP contribution in [0.2, 0.25) is 0 Å². The maximum atomic E-state index is 13.4. The lowest BCUT2D eigenvalue weighted by molar-refractivity contribution is -0.121. The lowest BCUT2D eigenvalue weighted by Gasteiger charge is -2.18. The molecule has 0 radical (unpaired) electrons. The van der Waals surface area contributed by atoms with E-state index >= 15 is 0 Å². The van der Waals surface area contributed by atoms with E-state index in [1.165, 1.54) is 6.92 Å². The number of thiocarbonyl (C=S) groups is 1. The molecule has 0 atom stereocenters. The van der Waals surface area contributed by atoms with Gasteiger partial charge >= 0.3 is 0 Å². The first-order valence-electron chi connectivity index (χ1n) is 11.5. The fourth-order valence-electron chi connectivity index (χ4n) is 4.02. The molecule has 0 unspecified atom stereocenters. The molecule has 1 aliphatic rings. The highest BCUT2D eigenvalue weighted by atomic mass is 32.2. The maximum absolute atomic E-state index is 13.4. The fraction of sp³-hybridized carbons (Fsp3) is 0.179. The van der Waals surface area contributed by atoms with Crippen LogP contribution in [0.25, 0.3) is 6.08 Å². The molecule has 1 fully saturated rings. The zero-order chi connectivity index (χ0) is 27.6. The van der Waals surface area contributed by atoms with E-state index in [9.17, 15) is 24.8 Å². The van der Waals surface area contributed by atoms with Gasteiger partial charge < -0.3 is 9.84 Å². The van der Waals surface area contributed by atoms with Crippen molar-refractivity contribution in [2.24, 2.45) is 0 Å². The number of aromatic nitrogens is 1. The number of nitrogens with zero attached hydrogens (tertiary/aromatic N) is 3. The standard InChI is InChI=1S/C28H23N3O5S2/c1-16-4-6-19(7-5-16)14-30-25(33)21(13-29)17(2)24(27(30)35)22(32)15-31-26(34)23(38-28(31)37)12-18-8-10-20(36-3)11-9-18/h4-12,35H,14-15H2,1-3H3/b23-12-. The highest BCUT2D eigenvalue weighted by Gasteiger charge is 2.35. The second-order valence-corrected chi connectivity index (χ2v) is 10.3. The first-order chi connectivity index (χ1) is 18.1. The molecule has 3 aromatic rings. The fourth-order valence-corrected chi connectivity index (χ4v) is 5.27. The Morgan fingerprint density at radius 1 is 1.13 bits per heavy atom. The minimum atomic E-state index is -0.701. The maximum Gasteiger partial charge on any atom is 0.271 e. The van der Waals surface area contributed by atoms with Crippen molar-refractivity contribution in [1.82, 2.24) is 9.47 Å². The van der Waals surface area contributed by atoms with Crippen LogP contribution in [0.4, 0.5) is 0 Å². The van der Waals surface area contributed by atoms with Crippen molar-refractivity contribution in [3.8, 4) is 17.7 Å². The van der Waals surface area contributed by atoms with Crippen molar-refractivity contribution in [3.05, 3.63) is 97.2 Å². The Kier molecular flexibility index (Phi) is 7.80. The Bertz CT molecular complexity index is 1580. The van der Waals surface area contributed by atoms with E-state index in [4.69, 9.17) is 17.0 Å². The van der Waals surface area contributed by atoms with Crippen LogP contribution in [0.5, 0.6) is 11.6 Å². The molecule has 1 N–H and O–H groups in total. The zero-order valence-electron chi connectivity index (χ0n) is 20.8. The third-order valence-electron chi connectivity index (χ3n) is 6.13. The average Bonchev–Trinajstić information content (AvgIpc) is 3.15. The number of amides is 1. The number of Topliss-reactive ketones (excluding diaryl/α,β-unsaturated/α-hetero) is 1. The van der Waals surface area contributed by atoms with Gasteiger partial charge in [-0.05, 0) is 48.7 Å². The summed E-state index contributed by atoms with van der Waals surface area (Å²) in [6, 6.07) is 16.3. The topological polar surface area (TPSA) is 113 Å². The largest absolute Gasteiger partial charge is 0.497 e. The summed E-state index contributed by atoms with van der Waals surface area (Å²) in [5.74, 6) is -0.974. The van der Waals surface area contributed by atoms with Crippen molar-refractivity contribution in [3.63, 3.8) is 0 Å². The van der Waals surface area contributed by atoms with E-state index in [0.717, 1.165) is 32.4 Å². The van der Waals surface area contributed by atoms with E-state index < -0.39 is 29.7 Å². The SMILES string of the molecule is COc1ccc(/C=C2\SC(=S)N(CC(=O)c3c(C)c(C#N)c(=O)n(Cc4ccc(C)cc4)c3O)C2=O)cc1. The van der Waals surface area contributed by atoms with Gasteiger partial charge in [0.2, 0.25) is 5.88 Å². The number of carbonyl (C=O) groups excluding carboxylic acids is 2. The number of ketones is 1. The number of carbonyl (C=O) groups is 2. The minimum Gasteiger partial charge on any atom is -0.497 e. The summed E-state index contributed by atoms with van der Waals surface area (Å²) in [6.45, 7) is 2.86. The Labute approximate surface area is 228 Å². The number of nitriles is 1. The second-order valence-electron chi connectivity index (χ2n) is 8.65. The predicted octanol–water partition coefficient (Wildman–Crippen LogP) is 4.18. The van der Waals surface area contributed by atoms with Gasteiger partial charge in [-0.1, -0.05) is 65.9 Å². The van der Waals surface area contributed by atoms with Crippen LogP contribution in [0.15, 0.2) is 58.2 Å². The molecule has 1 saturated heterocycles. The van der Waals surface area contributed by atoms with Crippen molar-refractivity contribution in [2.45, 2.75) is 20.4 Å². The molecule has 10 heteroatoms. The zero-order valence-corrected chi connectivity index (χ0v) is 22.5. The molecule has 2 aromatic carbocycles. The number of hydrogen-bond acceptors (Lipinski definition) is 8. The summed E-state index contributed by atoms with van der Waals surface area (Å²) < 4.78 is 6.33. The lowest BCUT2D eigenvalue weighted by Crippen LogP contribution is -2.35. The van der Waals surface area contributed by atoms with Crippen molar-refractivity contribution < 1.29 is 19.4 Å². The van der Waals surface area contributed by atoms with Crippen molar-refractivity contribution in [2.75, 3.05) is 13.7 Å². The van der Waals surface area contributed by atoms with Crippen LogP contribution < -0.4 is 10.3 Å². The predicted molar refractivity (Wildman–Crippen MR) is 149 cm³/mol. The van der Waals surface area contributed by atoms with Crippen molar-refractivity contribution >= 4 is 46.1 Å². The van der Waals surface area contributed by atoms with E-state index in [-0.39, 0.29) is 27.6 Å². The van der Waals surface area contributed by atoms with Crippen LogP contribution in [-0.2, 0) is 11.3 Å². The summed E-state index contributed by atoms with van der Waals surface area (Å²) in [6.07, 6.45) is 1.67. The number of ether oxygens (including phenoxy) is 1. The van der Waals surface area contributed by atoms with Gasteiger partial charge in [-0.25, -0.2) is 0 Å². The number of benzene rings is 2. The smallest absolute Gasteiger partial charge is 0.271 e. The molecule has 1 aromatic heterocycles. The first kappa shape index (κ1) is 26.9. The second kappa shape index (κ2) is 11.0. The van der Waals surface area contributed by atoms with E-state index in [0.29, 0.717) is 16.2 Å². The summed E-state index contributed by atoms with van der Waals surface area (Å²) in [7, 11) is 1.56. The van der Waals surface area contributed by atoms with E-state index in [2.05, 4.69) is 0 Å². The highest BCUT2D eigenvalue weighted by Crippen LogP contribution is 2.33. The molecule has 2 heterocycles. The average molecular weight is 546 g/mol. The number of rotatable bonds is 7. The highest BCUT2D eigenvalue weighted by molar-refractivity contribution is 8.26. The molecule has 0 spiro atoms. The Morgan fingerprint density at radius 3 is 2.39 bits per heavy atom. The van der Waals surface area contributed by atoms with Gasteiger partial charge in [-0.2, -0.15) is 5.26 Å². The molecular weight excluding hydrogens is 522 g/mol. The van der Waals surface area contributed by atoms with Gasteiger partial charge in [0.15, 0.2) is 5.78 Å². The monoisotopic (exact) mass is 545 g/mol. The normalized spacial score (nSPS) is 14.2. The molecule has 8 nitrogen and oxygen atoms in total. The number of aromatic hydroxyl groups is 1. The molecule has 1 amide bonds. The van der Waals surface area contributed by atoms with Gasteiger partial charge in [0.05, 0.1) is 30.7 Å². The van der Waals surface area contributed by atoms with Gasteiger partial charge in [-0.15, -0.1) is 0 Å². The number of thioether (sulfide) groups is 1. The van der Waals surface area contributed by atoms with E-state index in [1.807, 2.05) is 25.1 Å². The molecule has 0 aliphatic carbocycles. The molecule has 192 valence electrons. The summed E-state index contributed by atoms with van der Waals surface area (Å²) >= 11 is 6.43. The van der Waals surface area contributed by atoms with Crippen LogP contribution in [0.3, 0.4) is 0 Å². The number of hydrogen-bond donors (Lipinski definition) is 1. The lowest BCUT2D eigenvalue weighted by atomic mass is 10.0. The van der Waals surface area contributed by atoms with Gasteiger partial charge in [0, 0.05) is 0 Å². The Hall–Kier alpha value is -4.20. The third-order valence-corrected chi connectivity index (χ3v) is 7.51. The van der Waals surface area contributed by atoms with Gasteiger partial charge in [0.1, 0.15) is 21.7 Å². The molecule has 4 rings (SSSR count). The van der Waals surface area contributed by atoms with Crippen LogP contribution in [-0.4, -0.2) is 44.2 Å². The molecule has 1 aliphatic heterocycles. The number of methoxy groups -OCH3 is 1. The summed E-state index contributed by atoms with van der Waals surface area (Å²) in [5.41, 5.74) is 1.40. The molecule has 0 saturated carbocycles. The summed E-state index contributed by atoms with van der Waals surface area (Å²) in [5, 5.41) is 20.7. The number of aryl methyl sites for hydroxylation is 1. The quantitative estimate of drug-likeness (QED) is 0.267. The molecule has 38 heavy (non-hydrogen) atoms. The van der Waals surface area contributed by atoms with Gasteiger partial charge in [0.25, 0.3) is 11.5 Å². The molecule has 0 bridgehead atoms. The Morgan fingerprint density at radius 2 is 1.79 bits per heavy atom. The van der Waals surface area contributed by atoms with Gasteiger partial charge in [-0.3, -0.25) is 23.9 Å². The first-order valence-corrected chi connectivity index (χ1v) is 12.7.